The zero-order valence-electron chi connectivity index (χ0n) is 10.7. The van der Waals surface area contributed by atoms with E-state index < -0.39 is 0 Å². The number of anilines is 1. The number of nitrogen functional groups attached to an aromatic ring is 1. The molecular weight excluding hydrogens is 220 g/mol. The molecule has 0 bridgehead atoms. The average Bonchev–Trinajstić information content (AvgIpc) is 2.77. The molecule has 0 amide bonds. The van der Waals surface area contributed by atoms with E-state index in [4.69, 9.17) is 5.73 Å². The summed E-state index contributed by atoms with van der Waals surface area (Å²) in [6.45, 7) is 5.17. The highest BCUT2D eigenvalue weighted by Crippen LogP contribution is 2.25. The summed E-state index contributed by atoms with van der Waals surface area (Å²) >= 11 is 0. The second kappa shape index (κ2) is 4.46. The van der Waals surface area contributed by atoms with Gasteiger partial charge in [0.25, 0.3) is 0 Å². The third-order valence-electron chi connectivity index (χ3n) is 3.79. The molecule has 0 saturated carbocycles. The molecule has 3 rings (SSSR count). The normalized spacial score (nSPS) is 14.7. The van der Waals surface area contributed by atoms with Gasteiger partial charge in [0.1, 0.15) is 0 Å². The number of hydrogen-bond donors (Lipinski definition) is 1. The van der Waals surface area contributed by atoms with Crippen molar-refractivity contribution in [2.45, 2.75) is 26.6 Å². The second-order valence-corrected chi connectivity index (χ2v) is 5.05. The van der Waals surface area contributed by atoms with Crippen molar-refractivity contribution in [2.75, 3.05) is 5.73 Å². The Balaban J connectivity index is 1.78. The number of nitrogens with two attached hydrogens (primary N) is 1. The van der Waals surface area contributed by atoms with Gasteiger partial charge in [-0.3, -0.25) is 4.90 Å². The van der Waals surface area contributed by atoms with Crippen LogP contribution in [0.5, 0.6) is 0 Å². The van der Waals surface area contributed by atoms with E-state index in [0.717, 1.165) is 25.3 Å². The summed E-state index contributed by atoms with van der Waals surface area (Å²) in [5, 5.41) is 0. The van der Waals surface area contributed by atoms with E-state index in [0.29, 0.717) is 0 Å². The maximum atomic E-state index is 5.96. The molecule has 0 fully saturated rings. The third-order valence-corrected chi connectivity index (χ3v) is 3.79. The smallest absolute Gasteiger partial charge is 0.0346 e. The summed E-state index contributed by atoms with van der Waals surface area (Å²) in [6.07, 6.45) is 0. The molecule has 1 aliphatic heterocycles. The molecule has 1 heterocycles. The van der Waals surface area contributed by atoms with Crippen LogP contribution < -0.4 is 5.73 Å². The molecule has 2 nitrogen and oxygen atoms in total. The standard InChI is InChI=1S/C16H18N2/c1-12-13(7-4-8-16(12)17)9-18-10-14-5-2-3-6-15(14)11-18/h2-8H,9-11,17H2,1H3. The van der Waals surface area contributed by atoms with Crippen LogP contribution in [0.15, 0.2) is 42.5 Å². The fraction of sp³-hybridized carbons (Fsp3) is 0.250. The van der Waals surface area contributed by atoms with Crippen LogP contribution >= 0.6 is 0 Å². The first kappa shape index (κ1) is 11.3. The van der Waals surface area contributed by atoms with E-state index in [2.05, 4.69) is 42.2 Å². The SMILES string of the molecule is Cc1c(N)cccc1CN1Cc2ccccc2C1. The number of hydrogen-bond acceptors (Lipinski definition) is 2. The molecule has 18 heavy (non-hydrogen) atoms. The van der Waals surface area contributed by atoms with Crippen LogP contribution in [0.1, 0.15) is 22.3 Å². The van der Waals surface area contributed by atoms with Gasteiger partial charge in [-0.25, -0.2) is 0 Å². The Morgan fingerprint density at radius 2 is 1.67 bits per heavy atom. The Labute approximate surface area is 108 Å². The number of fused-ring (bicyclic) bond motifs is 1. The summed E-state index contributed by atoms with van der Waals surface area (Å²) in [7, 11) is 0. The highest BCUT2D eigenvalue weighted by molar-refractivity contribution is 5.50. The van der Waals surface area contributed by atoms with Crippen LogP contribution in [-0.2, 0) is 19.6 Å². The van der Waals surface area contributed by atoms with E-state index in [-0.39, 0.29) is 0 Å². The first-order valence-corrected chi connectivity index (χ1v) is 6.37. The zero-order valence-corrected chi connectivity index (χ0v) is 10.7. The number of rotatable bonds is 2. The monoisotopic (exact) mass is 238 g/mol. The minimum atomic E-state index is 0.893. The minimum Gasteiger partial charge on any atom is -0.399 e. The maximum absolute atomic E-state index is 5.96. The zero-order chi connectivity index (χ0) is 12.5. The van der Waals surface area contributed by atoms with Crippen molar-refractivity contribution < 1.29 is 0 Å². The summed E-state index contributed by atoms with van der Waals surface area (Å²) in [5.74, 6) is 0. The molecular formula is C16H18N2. The maximum Gasteiger partial charge on any atom is 0.0346 e. The predicted molar refractivity (Wildman–Crippen MR) is 75.0 cm³/mol. The lowest BCUT2D eigenvalue weighted by Crippen LogP contribution is -2.16. The van der Waals surface area contributed by atoms with Gasteiger partial charge in [-0.1, -0.05) is 36.4 Å². The van der Waals surface area contributed by atoms with Crippen molar-refractivity contribution in [3.8, 4) is 0 Å². The van der Waals surface area contributed by atoms with E-state index >= 15 is 0 Å². The highest BCUT2D eigenvalue weighted by Gasteiger charge is 2.18. The van der Waals surface area contributed by atoms with Crippen molar-refractivity contribution in [3.05, 3.63) is 64.7 Å². The van der Waals surface area contributed by atoms with Gasteiger partial charge in [0, 0.05) is 25.3 Å². The van der Waals surface area contributed by atoms with Crippen LogP contribution in [0.2, 0.25) is 0 Å². The van der Waals surface area contributed by atoms with Gasteiger partial charge in [0.15, 0.2) is 0 Å². The van der Waals surface area contributed by atoms with Gasteiger partial charge in [-0.15, -0.1) is 0 Å². The minimum absolute atomic E-state index is 0.893. The average molecular weight is 238 g/mol. The lowest BCUT2D eigenvalue weighted by molar-refractivity contribution is 0.275. The fourth-order valence-electron chi connectivity index (χ4n) is 2.63. The van der Waals surface area contributed by atoms with Crippen molar-refractivity contribution in [1.82, 2.24) is 4.90 Å². The van der Waals surface area contributed by atoms with Gasteiger partial charge in [0.05, 0.1) is 0 Å². The van der Waals surface area contributed by atoms with Gasteiger partial charge < -0.3 is 5.73 Å². The molecule has 2 aromatic carbocycles. The molecule has 0 radical (unpaired) electrons. The summed E-state index contributed by atoms with van der Waals surface area (Å²) in [6, 6.07) is 14.9. The molecule has 0 atom stereocenters. The van der Waals surface area contributed by atoms with Gasteiger partial charge in [-0.05, 0) is 35.2 Å². The van der Waals surface area contributed by atoms with Crippen LogP contribution in [-0.4, -0.2) is 4.90 Å². The molecule has 0 unspecified atom stereocenters. The lowest BCUT2D eigenvalue weighted by Gasteiger charge is -2.17. The summed E-state index contributed by atoms with van der Waals surface area (Å²) in [5.41, 5.74) is 12.3. The molecule has 2 N–H and O–H groups in total. The molecule has 0 aliphatic carbocycles. The molecule has 1 aliphatic rings. The van der Waals surface area contributed by atoms with E-state index in [9.17, 15) is 0 Å². The van der Waals surface area contributed by atoms with Crippen LogP contribution in [0.3, 0.4) is 0 Å². The van der Waals surface area contributed by atoms with Gasteiger partial charge >= 0.3 is 0 Å². The topological polar surface area (TPSA) is 29.3 Å². The molecule has 2 aromatic rings. The number of benzene rings is 2. The molecule has 0 saturated heterocycles. The Morgan fingerprint density at radius 3 is 2.33 bits per heavy atom. The van der Waals surface area contributed by atoms with E-state index in [1.54, 1.807) is 0 Å². The first-order valence-electron chi connectivity index (χ1n) is 6.37. The quantitative estimate of drug-likeness (QED) is 0.815. The third kappa shape index (κ3) is 2.00. The largest absolute Gasteiger partial charge is 0.399 e. The molecule has 92 valence electrons. The van der Waals surface area contributed by atoms with Crippen molar-refractivity contribution in [3.63, 3.8) is 0 Å². The van der Waals surface area contributed by atoms with Crippen LogP contribution in [0.25, 0.3) is 0 Å². The molecule has 0 aromatic heterocycles. The van der Waals surface area contributed by atoms with Crippen molar-refractivity contribution in [2.24, 2.45) is 0 Å². The molecule has 0 spiro atoms. The van der Waals surface area contributed by atoms with Gasteiger partial charge in [-0.2, -0.15) is 0 Å². The predicted octanol–water partition coefficient (Wildman–Crippen LogP) is 3.09. The lowest BCUT2D eigenvalue weighted by atomic mass is 10.1. The van der Waals surface area contributed by atoms with Crippen molar-refractivity contribution >= 4 is 5.69 Å². The Hall–Kier alpha value is -1.80. The van der Waals surface area contributed by atoms with Crippen molar-refractivity contribution in [1.29, 1.82) is 0 Å². The Bertz CT molecular complexity index is 550. The Morgan fingerprint density at radius 1 is 1.00 bits per heavy atom. The first-order chi connectivity index (χ1) is 8.74. The number of nitrogens with zero attached hydrogens (tertiary/aromatic N) is 1. The fourth-order valence-corrected chi connectivity index (χ4v) is 2.63. The highest BCUT2D eigenvalue weighted by atomic mass is 15.1. The van der Waals surface area contributed by atoms with Crippen LogP contribution in [0, 0.1) is 6.92 Å². The van der Waals surface area contributed by atoms with Gasteiger partial charge in [0.2, 0.25) is 0 Å². The molecule has 2 heteroatoms. The summed E-state index contributed by atoms with van der Waals surface area (Å²) < 4.78 is 0. The Kier molecular flexibility index (Phi) is 2.80. The van der Waals surface area contributed by atoms with E-state index in [1.165, 1.54) is 22.3 Å². The summed E-state index contributed by atoms with van der Waals surface area (Å²) in [4.78, 5) is 2.46. The van der Waals surface area contributed by atoms with E-state index in [1.807, 2.05) is 12.1 Å². The van der Waals surface area contributed by atoms with Crippen LogP contribution in [0.4, 0.5) is 5.69 Å². The second-order valence-electron chi connectivity index (χ2n) is 5.05.